The van der Waals surface area contributed by atoms with Gasteiger partial charge in [0.05, 0.1) is 18.0 Å². The molecule has 1 atom stereocenters. The Morgan fingerprint density at radius 3 is 2.71 bits per heavy atom. The molecule has 2 aliphatic heterocycles. The minimum Gasteiger partial charge on any atom is -0.459 e. The zero-order valence-electron chi connectivity index (χ0n) is 16.9. The Morgan fingerprint density at radius 2 is 2.00 bits per heavy atom. The molecule has 2 aliphatic rings. The second kappa shape index (κ2) is 8.10. The van der Waals surface area contributed by atoms with Gasteiger partial charge >= 0.3 is 0 Å². The number of likely N-dealkylation sites (tertiary alicyclic amines) is 1. The third-order valence-corrected chi connectivity index (χ3v) is 6.32. The molecule has 0 bridgehead atoms. The first-order valence-electron chi connectivity index (χ1n) is 10.3. The topological polar surface area (TPSA) is 54.7 Å². The molecule has 4 rings (SSSR count). The van der Waals surface area contributed by atoms with Gasteiger partial charge in [-0.3, -0.25) is 9.69 Å². The van der Waals surface area contributed by atoms with Crippen molar-refractivity contribution >= 4 is 5.91 Å². The van der Waals surface area contributed by atoms with Crippen molar-refractivity contribution in [2.75, 3.05) is 19.6 Å². The lowest BCUT2D eigenvalue weighted by Crippen LogP contribution is -2.44. The average molecular weight is 383 g/mol. The number of benzene rings is 1. The molecule has 1 aromatic carbocycles. The largest absolute Gasteiger partial charge is 0.459 e. The summed E-state index contributed by atoms with van der Waals surface area (Å²) in [6, 6.07) is 10.2. The van der Waals surface area contributed by atoms with Crippen molar-refractivity contribution in [2.24, 2.45) is 0 Å². The Bertz CT molecular complexity index is 807. The highest BCUT2D eigenvalue weighted by Gasteiger charge is 2.42. The summed E-state index contributed by atoms with van der Waals surface area (Å²) >= 11 is 0. The van der Waals surface area contributed by atoms with E-state index >= 15 is 0 Å². The van der Waals surface area contributed by atoms with E-state index in [9.17, 15) is 4.79 Å². The molecule has 2 saturated heterocycles. The van der Waals surface area contributed by atoms with Gasteiger partial charge in [0.2, 0.25) is 0 Å². The van der Waals surface area contributed by atoms with Crippen LogP contribution in [0.4, 0.5) is 0 Å². The number of carbonyl (C=O) groups excluding carboxylic acids is 1. The highest BCUT2D eigenvalue weighted by atomic mass is 16.5. The van der Waals surface area contributed by atoms with Crippen LogP contribution in [0.1, 0.15) is 52.9 Å². The molecule has 150 valence electrons. The molecule has 0 saturated carbocycles. The van der Waals surface area contributed by atoms with Gasteiger partial charge in [0, 0.05) is 26.2 Å². The van der Waals surface area contributed by atoms with Crippen LogP contribution >= 0.6 is 0 Å². The lowest BCUT2D eigenvalue weighted by atomic mass is 9.88. The minimum absolute atomic E-state index is 0.000229. The minimum atomic E-state index is -0.169. The van der Waals surface area contributed by atoms with Crippen LogP contribution in [0.2, 0.25) is 0 Å². The van der Waals surface area contributed by atoms with E-state index in [1.54, 1.807) is 12.1 Å². The molecular weight excluding hydrogens is 352 g/mol. The Balaban J connectivity index is 1.24. The summed E-state index contributed by atoms with van der Waals surface area (Å²) in [5.74, 6) is 0.185. The number of piperidine rings is 1. The van der Waals surface area contributed by atoms with E-state index in [0.717, 1.165) is 45.3 Å². The number of rotatable bonds is 5. The van der Waals surface area contributed by atoms with Crippen molar-refractivity contribution in [3.05, 3.63) is 59.0 Å². The third kappa shape index (κ3) is 4.31. The first-order valence-corrected chi connectivity index (χ1v) is 10.3. The Labute approximate surface area is 167 Å². The number of ether oxygens (including phenoxy) is 1. The van der Waals surface area contributed by atoms with Gasteiger partial charge in [-0.1, -0.05) is 18.2 Å². The van der Waals surface area contributed by atoms with Crippen LogP contribution in [0.5, 0.6) is 0 Å². The van der Waals surface area contributed by atoms with E-state index in [4.69, 9.17) is 9.15 Å². The van der Waals surface area contributed by atoms with Gasteiger partial charge in [-0.25, -0.2) is 0 Å². The molecule has 28 heavy (non-hydrogen) atoms. The van der Waals surface area contributed by atoms with Gasteiger partial charge in [-0.05, 0) is 68.4 Å². The maximum Gasteiger partial charge on any atom is 0.287 e. The number of furan rings is 1. The van der Waals surface area contributed by atoms with Crippen molar-refractivity contribution in [1.29, 1.82) is 0 Å². The molecule has 2 aromatic rings. The standard InChI is InChI=1S/C23H30N2O3/c1-17-5-6-19(14-18(17)2)16-25-11-9-23(10-12-25)8-7-20(28-23)15-24-22(26)21-4-3-13-27-21/h3-6,13-14,20H,7-12,15-16H2,1-2H3,(H,24,26)/t20-/m0/s1. The van der Waals surface area contributed by atoms with Crippen molar-refractivity contribution in [2.45, 2.75) is 57.8 Å². The van der Waals surface area contributed by atoms with E-state index in [0.29, 0.717) is 12.3 Å². The van der Waals surface area contributed by atoms with Crippen LogP contribution in [0.15, 0.2) is 41.0 Å². The quantitative estimate of drug-likeness (QED) is 0.854. The predicted molar refractivity (Wildman–Crippen MR) is 108 cm³/mol. The lowest BCUT2D eigenvalue weighted by molar-refractivity contribution is -0.0764. The number of nitrogens with zero attached hydrogens (tertiary/aromatic N) is 1. The second-order valence-corrected chi connectivity index (χ2v) is 8.34. The van der Waals surface area contributed by atoms with Gasteiger partial charge < -0.3 is 14.5 Å². The van der Waals surface area contributed by atoms with Crippen LogP contribution < -0.4 is 5.32 Å². The van der Waals surface area contributed by atoms with E-state index < -0.39 is 0 Å². The first kappa shape index (κ1) is 19.2. The van der Waals surface area contributed by atoms with E-state index in [-0.39, 0.29) is 17.6 Å². The molecule has 1 spiro atoms. The molecule has 5 heteroatoms. The summed E-state index contributed by atoms with van der Waals surface area (Å²) in [5.41, 5.74) is 4.11. The van der Waals surface area contributed by atoms with Crippen LogP contribution in [-0.4, -0.2) is 42.1 Å². The number of hydrogen-bond acceptors (Lipinski definition) is 4. The fourth-order valence-corrected chi connectivity index (χ4v) is 4.39. The van der Waals surface area contributed by atoms with Gasteiger partial charge in [-0.15, -0.1) is 0 Å². The summed E-state index contributed by atoms with van der Waals surface area (Å²) in [5, 5.41) is 2.93. The van der Waals surface area contributed by atoms with E-state index in [1.165, 1.54) is 23.0 Å². The molecule has 0 radical (unpaired) electrons. The molecule has 2 fully saturated rings. The first-order chi connectivity index (χ1) is 13.5. The lowest BCUT2D eigenvalue weighted by Gasteiger charge is -2.39. The highest BCUT2D eigenvalue weighted by molar-refractivity contribution is 5.91. The van der Waals surface area contributed by atoms with E-state index in [1.807, 2.05) is 0 Å². The summed E-state index contributed by atoms with van der Waals surface area (Å²) in [6.07, 6.45) is 5.86. The smallest absolute Gasteiger partial charge is 0.287 e. The van der Waals surface area contributed by atoms with Gasteiger partial charge in [0.1, 0.15) is 0 Å². The number of carbonyl (C=O) groups is 1. The summed E-state index contributed by atoms with van der Waals surface area (Å²) in [6.45, 7) is 8.04. The summed E-state index contributed by atoms with van der Waals surface area (Å²) < 4.78 is 11.6. The number of nitrogens with one attached hydrogen (secondary N) is 1. The SMILES string of the molecule is Cc1ccc(CN2CCC3(CC[C@@H](CNC(=O)c4ccco4)O3)CC2)cc1C. The maximum absolute atomic E-state index is 12.0. The van der Waals surface area contributed by atoms with Crippen molar-refractivity contribution in [1.82, 2.24) is 10.2 Å². The molecular formula is C23H30N2O3. The highest BCUT2D eigenvalue weighted by Crippen LogP contribution is 2.39. The Hall–Kier alpha value is -2.11. The fourth-order valence-electron chi connectivity index (χ4n) is 4.39. The van der Waals surface area contributed by atoms with Crippen molar-refractivity contribution < 1.29 is 13.9 Å². The summed E-state index contributed by atoms with van der Waals surface area (Å²) in [4.78, 5) is 14.6. The van der Waals surface area contributed by atoms with Crippen molar-refractivity contribution in [3.63, 3.8) is 0 Å². The normalized spacial score (nSPS) is 21.9. The average Bonchev–Trinajstić information content (AvgIpc) is 3.36. The van der Waals surface area contributed by atoms with Crippen LogP contribution in [0, 0.1) is 13.8 Å². The van der Waals surface area contributed by atoms with Crippen LogP contribution in [-0.2, 0) is 11.3 Å². The zero-order valence-corrected chi connectivity index (χ0v) is 16.9. The molecule has 5 nitrogen and oxygen atoms in total. The number of hydrogen-bond donors (Lipinski definition) is 1. The van der Waals surface area contributed by atoms with E-state index in [2.05, 4.69) is 42.3 Å². The van der Waals surface area contributed by atoms with Crippen LogP contribution in [0.3, 0.4) is 0 Å². The molecule has 1 N–H and O–H groups in total. The molecule has 1 aromatic heterocycles. The zero-order chi connectivity index (χ0) is 19.6. The molecule has 1 amide bonds. The fraction of sp³-hybridized carbons (Fsp3) is 0.522. The molecule has 0 unspecified atom stereocenters. The van der Waals surface area contributed by atoms with Gasteiger partial charge in [0.15, 0.2) is 5.76 Å². The second-order valence-electron chi connectivity index (χ2n) is 8.34. The van der Waals surface area contributed by atoms with Gasteiger partial charge in [0.25, 0.3) is 5.91 Å². The number of amides is 1. The maximum atomic E-state index is 12.0. The predicted octanol–water partition coefficient (Wildman–Crippen LogP) is 3.84. The Morgan fingerprint density at radius 1 is 1.18 bits per heavy atom. The Kier molecular flexibility index (Phi) is 5.56. The van der Waals surface area contributed by atoms with Gasteiger partial charge in [-0.2, -0.15) is 0 Å². The van der Waals surface area contributed by atoms with Crippen LogP contribution in [0.25, 0.3) is 0 Å². The number of aryl methyl sites for hydroxylation is 2. The monoisotopic (exact) mass is 382 g/mol. The summed E-state index contributed by atoms with van der Waals surface area (Å²) in [7, 11) is 0. The van der Waals surface area contributed by atoms with Crippen molar-refractivity contribution in [3.8, 4) is 0 Å². The molecule has 3 heterocycles. The molecule has 0 aliphatic carbocycles. The third-order valence-electron chi connectivity index (χ3n) is 6.32.